The van der Waals surface area contributed by atoms with Crippen molar-refractivity contribution < 1.29 is 9.53 Å². The number of benzene rings is 1. The van der Waals surface area contributed by atoms with Gasteiger partial charge in [0.1, 0.15) is 5.75 Å². The Balaban J connectivity index is 2.16. The summed E-state index contributed by atoms with van der Waals surface area (Å²) >= 11 is 5.96. The van der Waals surface area contributed by atoms with Crippen molar-refractivity contribution >= 4 is 23.2 Å². The van der Waals surface area contributed by atoms with Gasteiger partial charge in [0.15, 0.2) is 0 Å². The summed E-state index contributed by atoms with van der Waals surface area (Å²) in [4.78, 5) is 12.4. The molecule has 1 atom stereocenters. The molecule has 4 nitrogen and oxygen atoms in total. The number of methoxy groups -OCH3 is 1. The van der Waals surface area contributed by atoms with Crippen LogP contribution in [0.2, 0.25) is 5.02 Å². The maximum Gasteiger partial charge on any atom is 0.244 e. The summed E-state index contributed by atoms with van der Waals surface area (Å²) in [5.74, 6) is 0.560. The molecule has 1 saturated heterocycles. The monoisotopic (exact) mass is 282 g/mol. The standard InChI is InChI=1S/C14H19ClN2O2/c1-14(7-3-4-8-16-14)13(18)17-11-9-10(15)5-6-12(11)19-2/h5-6,9,16H,3-4,7-8H2,1-2H3,(H,17,18). The largest absolute Gasteiger partial charge is 0.495 e. The van der Waals surface area contributed by atoms with Crippen LogP contribution in [0.4, 0.5) is 5.69 Å². The Hall–Kier alpha value is -1.26. The number of nitrogens with one attached hydrogen (secondary N) is 2. The summed E-state index contributed by atoms with van der Waals surface area (Å²) in [6, 6.07) is 5.18. The average Bonchev–Trinajstić information content (AvgIpc) is 2.40. The Morgan fingerprint density at radius 1 is 1.47 bits per heavy atom. The molecule has 1 aliphatic rings. The predicted molar refractivity (Wildman–Crippen MR) is 76.9 cm³/mol. The number of hydrogen-bond donors (Lipinski definition) is 2. The molecule has 0 saturated carbocycles. The predicted octanol–water partition coefficient (Wildman–Crippen LogP) is 2.82. The number of ether oxygens (including phenoxy) is 1. The lowest BCUT2D eigenvalue weighted by Crippen LogP contribution is -2.54. The van der Waals surface area contributed by atoms with Gasteiger partial charge in [-0.25, -0.2) is 0 Å². The molecule has 2 N–H and O–H groups in total. The van der Waals surface area contributed by atoms with E-state index in [1.54, 1.807) is 25.3 Å². The van der Waals surface area contributed by atoms with Crippen molar-refractivity contribution in [3.63, 3.8) is 0 Å². The minimum absolute atomic E-state index is 0.0484. The number of hydrogen-bond acceptors (Lipinski definition) is 3. The topological polar surface area (TPSA) is 50.4 Å². The van der Waals surface area contributed by atoms with Crippen LogP contribution in [0.15, 0.2) is 18.2 Å². The van der Waals surface area contributed by atoms with Crippen LogP contribution >= 0.6 is 11.6 Å². The molecule has 0 aliphatic carbocycles. The zero-order valence-corrected chi connectivity index (χ0v) is 12.0. The van der Waals surface area contributed by atoms with Gasteiger partial charge in [0.25, 0.3) is 0 Å². The first-order valence-corrected chi connectivity index (χ1v) is 6.83. The fourth-order valence-corrected chi connectivity index (χ4v) is 2.46. The normalized spacial score (nSPS) is 22.9. The molecule has 19 heavy (non-hydrogen) atoms. The number of carbonyl (C=O) groups excluding carboxylic acids is 1. The molecule has 2 rings (SSSR count). The van der Waals surface area contributed by atoms with Crippen LogP contribution in [0.25, 0.3) is 0 Å². The van der Waals surface area contributed by atoms with Crippen LogP contribution in [0.1, 0.15) is 26.2 Å². The third-order valence-corrected chi connectivity index (χ3v) is 3.76. The molecular weight excluding hydrogens is 264 g/mol. The first-order chi connectivity index (χ1) is 9.05. The van der Waals surface area contributed by atoms with E-state index < -0.39 is 5.54 Å². The average molecular weight is 283 g/mol. The summed E-state index contributed by atoms with van der Waals surface area (Å²) in [6.07, 6.45) is 3.01. The van der Waals surface area contributed by atoms with Gasteiger partial charge in [-0.1, -0.05) is 11.6 Å². The smallest absolute Gasteiger partial charge is 0.244 e. The molecule has 1 amide bonds. The molecule has 104 valence electrons. The Kier molecular flexibility index (Phi) is 4.32. The first-order valence-electron chi connectivity index (χ1n) is 6.45. The highest BCUT2D eigenvalue weighted by atomic mass is 35.5. The molecule has 1 fully saturated rings. The van der Waals surface area contributed by atoms with Gasteiger partial charge in [0, 0.05) is 5.02 Å². The van der Waals surface area contributed by atoms with E-state index in [2.05, 4.69) is 10.6 Å². The number of anilines is 1. The van der Waals surface area contributed by atoms with Gasteiger partial charge < -0.3 is 15.4 Å². The van der Waals surface area contributed by atoms with Crippen LogP contribution in [0.5, 0.6) is 5.75 Å². The second-order valence-electron chi connectivity index (χ2n) is 5.01. The second-order valence-corrected chi connectivity index (χ2v) is 5.45. The summed E-state index contributed by atoms with van der Waals surface area (Å²) < 4.78 is 5.23. The SMILES string of the molecule is COc1ccc(Cl)cc1NC(=O)C1(C)CCCCN1. The van der Waals surface area contributed by atoms with Crippen LogP contribution in [0.3, 0.4) is 0 Å². The van der Waals surface area contributed by atoms with Gasteiger partial charge in [-0.15, -0.1) is 0 Å². The third kappa shape index (κ3) is 3.19. The fourth-order valence-electron chi connectivity index (χ4n) is 2.29. The minimum Gasteiger partial charge on any atom is -0.495 e. The molecule has 1 aromatic rings. The van der Waals surface area contributed by atoms with E-state index in [0.29, 0.717) is 16.5 Å². The molecule has 0 spiro atoms. The first kappa shape index (κ1) is 14.2. The summed E-state index contributed by atoms with van der Waals surface area (Å²) in [7, 11) is 1.57. The van der Waals surface area contributed by atoms with Gasteiger partial charge in [0.2, 0.25) is 5.91 Å². The van der Waals surface area contributed by atoms with E-state index in [0.717, 1.165) is 25.8 Å². The molecule has 0 bridgehead atoms. The van der Waals surface area contributed by atoms with Crippen LogP contribution < -0.4 is 15.4 Å². The lowest BCUT2D eigenvalue weighted by Gasteiger charge is -2.33. The van der Waals surface area contributed by atoms with E-state index in [4.69, 9.17) is 16.3 Å². The fraction of sp³-hybridized carbons (Fsp3) is 0.500. The van der Waals surface area contributed by atoms with Crippen molar-refractivity contribution in [1.29, 1.82) is 0 Å². The Bertz CT molecular complexity index is 471. The van der Waals surface area contributed by atoms with Crippen LogP contribution in [-0.4, -0.2) is 25.1 Å². The quantitative estimate of drug-likeness (QED) is 0.896. The summed E-state index contributed by atoms with van der Waals surface area (Å²) in [6.45, 7) is 2.80. The number of halogens is 1. The summed E-state index contributed by atoms with van der Waals surface area (Å²) in [5, 5.41) is 6.75. The second kappa shape index (κ2) is 5.80. The summed E-state index contributed by atoms with van der Waals surface area (Å²) in [5.41, 5.74) is 0.0829. The third-order valence-electron chi connectivity index (χ3n) is 3.53. The van der Waals surface area contributed by atoms with E-state index in [9.17, 15) is 4.79 Å². The zero-order valence-electron chi connectivity index (χ0n) is 11.3. The van der Waals surface area contributed by atoms with Crippen molar-refractivity contribution in [3.05, 3.63) is 23.2 Å². The van der Waals surface area contributed by atoms with E-state index in [-0.39, 0.29) is 5.91 Å². The lowest BCUT2D eigenvalue weighted by molar-refractivity contribution is -0.122. The highest BCUT2D eigenvalue weighted by molar-refractivity contribution is 6.31. The highest BCUT2D eigenvalue weighted by Gasteiger charge is 2.34. The van der Waals surface area contributed by atoms with E-state index >= 15 is 0 Å². The van der Waals surface area contributed by atoms with Crippen LogP contribution in [-0.2, 0) is 4.79 Å². The van der Waals surface area contributed by atoms with Crippen molar-refractivity contribution in [1.82, 2.24) is 5.32 Å². The van der Waals surface area contributed by atoms with Crippen molar-refractivity contribution in [2.24, 2.45) is 0 Å². The molecule has 1 aliphatic heterocycles. The Morgan fingerprint density at radius 2 is 2.26 bits per heavy atom. The number of carbonyl (C=O) groups is 1. The molecule has 0 aromatic heterocycles. The molecule has 1 unspecified atom stereocenters. The van der Waals surface area contributed by atoms with Gasteiger partial charge in [-0.2, -0.15) is 0 Å². The Morgan fingerprint density at radius 3 is 2.89 bits per heavy atom. The number of amides is 1. The minimum atomic E-state index is -0.522. The van der Waals surface area contributed by atoms with Gasteiger partial charge >= 0.3 is 0 Å². The molecular formula is C14H19ClN2O2. The van der Waals surface area contributed by atoms with Crippen molar-refractivity contribution in [3.8, 4) is 5.75 Å². The number of piperidine rings is 1. The molecule has 5 heteroatoms. The molecule has 1 heterocycles. The van der Waals surface area contributed by atoms with Gasteiger partial charge in [-0.05, 0) is 50.9 Å². The van der Waals surface area contributed by atoms with Crippen molar-refractivity contribution in [2.75, 3.05) is 19.0 Å². The van der Waals surface area contributed by atoms with Gasteiger partial charge in [0.05, 0.1) is 18.3 Å². The zero-order chi connectivity index (χ0) is 13.9. The van der Waals surface area contributed by atoms with Gasteiger partial charge in [-0.3, -0.25) is 4.79 Å². The van der Waals surface area contributed by atoms with E-state index in [1.165, 1.54) is 0 Å². The maximum absolute atomic E-state index is 12.4. The molecule has 1 aromatic carbocycles. The van der Waals surface area contributed by atoms with Crippen molar-refractivity contribution in [2.45, 2.75) is 31.7 Å². The van der Waals surface area contributed by atoms with Crippen LogP contribution in [0, 0.1) is 0 Å². The number of rotatable bonds is 3. The Labute approximate surface area is 118 Å². The highest BCUT2D eigenvalue weighted by Crippen LogP contribution is 2.29. The molecule has 0 radical (unpaired) electrons. The maximum atomic E-state index is 12.4. The van der Waals surface area contributed by atoms with E-state index in [1.807, 2.05) is 6.92 Å². The lowest BCUT2D eigenvalue weighted by atomic mass is 9.90.